The largest absolute Gasteiger partial charge is 0.356 e. The van der Waals surface area contributed by atoms with Crippen LogP contribution in [0.4, 0.5) is 0 Å². The Balaban J connectivity index is 0.00000192. The van der Waals surface area contributed by atoms with Crippen LogP contribution in [0.15, 0.2) is 16.8 Å². The Bertz CT molecular complexity index is 648. The molecule has 2 aromatic rings. The number of hydrogen-bond donors (Lipinski definition) is 2. The third-order valence-corrected chi connectivity index (χ3v) is 4.00. The summed E-state index contributed by atoms with van der Waals surface area (Å²) in [5.74, 6) is 1.13. The maximum atomic E-state index is 12.3. The zero-order valence-corrected chi connectivity index (χ0v) is 14.2. The van der Waals surface area contributed by atoms with Crippen molar-refractivity contribution >= 4 is 18.3 Å². The molecule has 1 atom stereocenters. The van der Waals surface area contributed by atoms with Crippen molar-refractivity contribution in [2.45, 2.75) is 32.2 Å². The second-order valence-corrected chi connectivity index (χ2v) is 5.71. The SMILES string of the molecule is CNC(C)Cc1noc(-c2c[nH]c(C(=O)N3CCCC3)c2)n1.Cl. The van der Waals surface area contributed by atoms with Gasteiger partial charge in [0, 0.05) is 31.7 Å². The average Bonchev–Trinajstić information content (AvgIpc) is 3.26. The van der Waals surface area contributed by atoms with Crippen LogP contribution in [-0.4, -0.2) is 52.1 Å². The number of halogens is 1. The molecule has 1 aliphatic heterocycles. The topological polar surface area (TPSA) is 87.0 Å². The van der Waals surface area contributed by atoms with Gasteiger partial charge in [0.1, 0.15) is 5.69 Å². The number of carbonyl (C=O) groups is 1. The molecule has 0 aliphatic carbocycles. The molecule has 1 saturated heterocycles. The van der Waals surface area contributed by atoms with Gasteiger partial charge in [-0.3, -0.25) is 4.79 Å². The molecule has 0 saturated carbocycles. The lowest BCUT2D eigenvalue weighted by Gasteiger charge is -2.13. The molecular formula is C15H22ClN5O2. The van der Waals surface area contributed by atoms with Gasteiger partial charge < -0.3 is 19.7 Å². The van der Waals surface area contributed by atoms with Crippen LogP contribution in [0.2, 0.25) is 0 Å². The molecule has 0 bridgehead atoms. The zero-order chi connectivity index (χ0) is 15.5. The maximum Gasteiger partial charge on any atom is 0.270 e. The lowest BCUT2D eigenvalue weighted by atomic mass is 10.2. The molecule has 7 nitrogen and oxygen atoms in total. The van der Waals surface area contributed by atoms with E-state index in [2.05, 4.69) is 27.4 Å². The van der Waals surface area contributed by atoms with Crippen molar-refractivity contribution in [3.05, 3.63) is 23.8 Å². The highest BCUT2D eigenvalue weighted by Crippen LogP contribution is 2.20. The van der Waals surface area contributed by atoms with Crippen LogP contribution in [0.1, 0.15) is 36.1 Å². The monoisotopic (exact) mass is 339 g/mol. The normalized spacial score (nSPS) is 15.5. The molecule has 0 radical (unpaired) electrons. The summed E-state index contributed by atoms with van der Waals surface area (Å²) in [5.41, 5.74) is 1.32. The van der Waals surface area contributed by atoms with E-state index in [1.165, 1.54) is 0 Å². The van der Waals surface area contributed by atoms with Gasteiger partial charge in [-0.15, -0.1) is 12.4 Å². The van der Waals surface area contributed by atoms with Crippen LogP contribution in [0.25, 0.3) is 11.5 Å². The highest BCUT2D eigenvalue weighted by molar-refractivity contribution is 5.93. The first kappa shape index (κ1) is 17.5. The van der Waals surface area contributed by atoms with E-state index in [9.17, 15) is 4.79 Å². The highest BCUT2D eigenvalue weighted by Gasteiger charge is 2.22. The minimum absolute atomic E-state index is 0. The number of likely N-dealkylation sites (N-methyl/N-ethyl adjacent to an activating group) is 1. The molecule has 126 valence electrons. The van der Waals surface area contributed by atoms with E-state index in [0.717, 1.165) is 31.5 Å². The lowest BCUT2D eigenvalue weighted by molar-refractivity contribution is 0.0788. The van der Waals surface area contributed by atoms with Crippen molar-refractivity contribution in [2.75, 3.05) is 20.1 Å². The van der Waals surface area contributed by atoms with E-state index < -0.39 is 0 Å². The summed E-state index contributed by atoms with van der Waals surface area (Å²) in [4.78, 5) is 21.6. The van der Waals surface area contributed by atoms with Crippen molar-refractivity contribution in [1.29, 1.82) is 0 Å². The summed E-state index contributed by atoms with van der Waals surface area (Å²) in [6, 6.07) is 2.06. The number of aromatic nitrogens is 3. The second-order valence-electron chi connectivity index (χ2n) is 5.71. The van der Waals surface area contributed by atoms with Gasteiger partial charge >= 0.3 is 0 Å². The third kappa shape index (κ3) is 3.92. The number of rotatable bonds is 5. The van der Waals surface area contributed by atoms with E-state index in [4.69, 9.17) is 4.52 Å². The van der Waals surface area contributed by atoms with Crippen LogP contribution in [0, 0.1) is 0 Å². The third-order valence-electron chi connectivity index (χ3n) is 4.00. The zero-order valence-electron chi connectivity index (χ0n) is 13.3. The van der Waals surface area contributed by atoms with Crippen molar-refractivity contribution in [2.24, 2.45) is 0 Å². The summed E-state index contributed by atoms with van der Waals surface area (Å²) in [7, 11) is 1.90. The average molecular weight is 340 g/mol. The van der Waals surface area contributed by atoms with Crippen LogP contribution in [-0.2, 0) is 6.42 Å². The van der Waals surface area contributed by atoms with Crippen LogP contribution >= 0.6 is 12.4 Å². The van der Waals surface area contributed by atoms with E-state index in [0.29, 0.717) is 23.8 Å². The molecule has 1 unspecified atom stereocenters. The van der Waals surface area contributed by atoms with Crippen molar-refractivity contribution in [1.82, 2.24) is 25.3 Å². The Hall–Kier alpha value is -1.86. The Morgan fingerprint density at radius 2 is 2.22 bits per heavy atom. The number of likely N-dealkylation sites (tertiary alicyclic amines) is 1. The molecule has 3 heterocycles. The predicted molar refractivity (Wildman–Crippen MR) is 88.7 cm³/mol. The first-order valence-corrected chi connectivity index (χ1v) is 7.65. The fourth-order valence-electron chi connectivity index (χ4n) is 2.56. The quantitative estimate of drug-likeness (QED) is 0.868. The van der Waals surface area contributed by atoms with Crippen molar-refractivity contribution < 1.29 is 9.32 Å². The first-order valence-electron chi connectivity index (χ1n) is 7.65. The number of nitrogens with zero attached hydrogens (tertiary/aromatic N) is 3. The van der Waals surface area contributed by atoms with Crippen molar-refractivity contribution in [3.8, 4) is 11.5 Å². The minimum Gasteiger partial charge on any atom is -0.356 e. The highest BCUT2D eigenvalue weighted by atomic mass is 35.5. The van der Waals surface area contributed by atoms with Gasteiger partial charge in [-0.1, -0.05) is 5.16 Å². The molecule has 0 aromatic carbocycles. The molecule has 23 heavy (non-hydrogen) atoms. The fourth-order valence-corrected chi connectivity index (χ4v) is 2.56. The minimum atomic E-state index is 0. The van der Waals surface area contributed by atoms with E-state index in [1.807, 2.05) is 11.9 Å². The smallest absolute Gasteiger partial charge is 0.270 e. The molecule has 2 aromatic heterocycles. The van der Waals surface area contributed by atoms with Gasteiger partial charge in [-0.25, -0.2) is 0 Å². The number of carbonyl (C=O) groups excluding carboxylic acids is 1. The summed E-state index contributed by atoms with van der Waals surface area (Å²) in [6.07, 6.45) is 4.60. The van der Waals surface area contributed by atoms with Crippen molar-refractivity contribution in [3.63, 3.8) is 0 Å². The number of aromatic amines is 1. The van der Waals surface area contributed by atoms with Crippen LogP contribution < -0.4 is 5.32 Å². The maximum absolute atomic E-state index is 12.3. The first-order chi connectivity index (χ1) is 10.7. The molecule has 8 heteroatoms. The van der Waals surface area contributed by atoms with E-state index in [1.54, 1.807) is 12.3 Å². The second kappa shape index (κ2) is 7.61. The van der Waals surface area contributed by atoms with E-state index >= 15 is 0 Å². The number of nitrogens with one attached hydrogen (secondary N) is 2. The molecule has 3 rings (SSSR count). The summed E-state index contributed by atoms with van der Waals surface area (Å²) in [5, 5.41) is 7.11. The van der Waals surface area contributed by atoms with Gasteiger partial charge in [-0.2, -0.15) is 4.98 Å². The lowest BCUT2D eigenvalue weighted by Crippen LogP contribution is -2.27. The predicted octanol–water partition coefficient (Wildman–Crippen LogP) is 1.87. The molecule has 2 N–H and O–H groups in total. The Kier molecular flexibility index (Phi) is 5.79. The summed E-state index contributed by atoms with van der Waals surface area (Å²) >= 11 is 0. The van der Waals surface area contributed by atoms with Gasteiger partial charge in [-0.05, 0) is 32.9 Å². The van der Waals surface area contributed by atoms with Gasteiger partial charge in [0.2, 0.25) is 0 Å². The van der Waals surface area contributed by atoms with Gasteiger partial charge in [0.05, 0.1) is 5.56 Å². The standard InChI is InChI=1S/C15H21N5O2.ClH/c1-10(16-2)7-13-18-14(22-19-13)11-8-12(17-9-11)15(21)20-5-3-4-6-20;/h8-10,16-17H,3-7H2,1-2H3;1H. The van der Waals surface area contributed by atoms with E-state index in [-0.39, 0.29) is 24.4 Å². The van der Waals surface area contributed by atoms with Crippen LogP contribution in [0.3, 0.4) is 0 Å². The number of hydrogen-bond acceptors (Lipinski definition) is 5. The molecule has 1 amide bonds. The molecule has 0 spiro atoms. The summed E-state index contributed by atoms with van der Waals surface area (Å²) < 4.78 is 5.28. The van der Waals surface area contributed by atoms with Crippen LogP contribution in [0.5, 0.6) is 0 Å². The number of H-pyrrole nitrogens is 1. The fraction of sp³-hybridized carbons (Fsp3) is 0.533. The number of amides is 1. The Labute approximate surface area is 141 Å². The Morgan fingerprint density at radius 1 is 1.48 bits per heavy atom. The summed E-state index contributed by atoms with van der Waals surface area (Å²) in [6.45, 7) is 3.72. The van der Waals surface area contributed by atoms with Gasteiger partial charge in [0.15, 0.2) is 5.82 Å². The molecule has 1 aliphatic rings. The Morgan fingerprint density at radius 3 is 2.91 bits per heavy atom. The molecule has 1 fully saturated rings. The molecular weight excluding hydrogens is 318 g/mol. The van der Waals surface area contributed by atoms with Gasteiger partial charge in [0.25, 0.3) is 11.8 Å².